The van der Waals surface area contributed by atoms with Gasteiger partial charge in [0.25, 0.3) is 0 Å². The Morgan fingerprint density at radius 1 is 1.11 bits per heavy atom. The van der Waals surface area contributed by atoms with E-state index in [0.29, 0.717) is 0 Å². The third-order valence-corrected chi connectivity index (χ3v) is 4.07. The molecule has 0 saturated heterocycles. The van der Waals surface area contributed by atoms with Crippen molar-refractivity contribution in [1.29, 1.82) is 0 Å². The lowest BCUT2D eigenvalue weighted by atomic mass is 10.1. The van der Waals surface area contributed by atoms with E-state index in [1.54, 1.807) is 7.11 Å². The van der Waals surface area contributed by atoms with Gasteiger partial charge in [0.05, 0.1) is 16.1 Å². The lowest BCUT2D eigenvalue weighted by Gasteiger charge is -2.12. The first-order chi connectivity index (χ1) is 9.11. The number of rotatable bonds is 4. The Kier molecular flexibility index (Phi) is 4.88. The lowest BCUT2D eigenvalue weighted by molar-refractivity contribution is 0.409. The summed E-state index contributed by atoms with van der Waals surface area (Å²) in [4.78, 5) is 0. The van der Waals surface area contributed by atoms with E-state index in [-0.39, 0.29) is 0 Å². The van der Waals surface area contributed by atoms with Crippen molar-refractivity contribution in [2.24, 2.45) is 0 Å². The number of nitrogens with one attached hydrogen (secondary N) is 1. The molecule has 0 heterocycles. The summed E-state index contributed by atoms with van der Waals surface area (Å²) in [6.07, 6.45) is 0. The van der Waals surface area contributed by atoms with Crippen molar-refractivity contribution in [3.63, 3.8) is 0 Å². The average molecular weight is 385 g/mol. The predicted molar refractivity (Wildman–Crippen MR) is 86.9 cm³/mol. The van der Waals surface area contributed by atoms with Gasteiger partial charge in [0.2, 0.25) is 0 Å². The van der Waals surface area contributed by atoms with Gasteiger partial charge >= 0.3 is 0 Å². The van der Waals surface area contributed by atoms with Crippen molar-refractivity contribution < 1.29 is 4.74 Å². The van der Waals surface area contributed by atoms with Crippen molar-refractivity contribution in [2.45, 2.75) is 13.5 Å². The van der Waals surface area contributed by atoms with Crippen molar-refractivity contribution in [2.75, 3.05) is 12.4 Å². The van der Waals surface area contributed by atoms with Crippen LogP contribution in [0.25, 0.3) is 0 Å². The van der Waals surface area contributed by atoms with Gasteiger partial charge in [0, 0.05) is 12.2 Å². The number of anilines is 1. The van der Waals surface area contributed by atoms with Crippen LogP contribution in [0.5, 0.6) is 5.75 Å². The Bertz CT molecular complexity index is 561. The number of aryl methyl sites for hydroxylation is 1. The molecule has 1 N–H and O–H groups in total. The van der Waals surface area contributed by atoms with E-state index >= 15 is 0 Å². The molecule has 0 radical (unpaired) electrons. The van der Waals surface area contributed by atoms with Crippen LogP contribution in [0.3, 0.4) is 0 Å². The maximum Gasteiger partial charge on any atom is 0.147 e. The quantitative estimate of drug-likeness (QED) is 0.787. The van der Waals surface area contributed by atoms with E-state index in [4.69, 9.17) is 4.74 Å². The predicted octanol–water partition coefficient (Wildman–Crippen LogP) is 5.14. The molecular formula is C15H15Br2NO. The molecule has 0 unspecified atom stereocenters. The van der Waals surface area contributed by atoms with Gasteiger partial charge in [-0.1, -0.05) is 18.2 Å². The molecule has 2 aromatic carbocycles. The zero-order valence-corrected chi connectivity index (χ0v) is 14.0. The molecule has 4 heteroatoms. The fourth-order valence-corrected chi connectivity index (χ4v) is 3.48. The number of benzene rings is 2. The molecule has 0 aromatic heterocycles. The number of methoxy groups -OCH3 is 1. The van der Waals surface area contributed by atoms with Crippen LogP contribution in [0.15, 0.2) is 45.3 Å². The van der Waals surface area contributed by atoms with Gasteiger partial charge in [0.1, 0.15) is 5.75 Å². The van der Waals surface area contributed by atoms with Crippen LogP contribution in [0.1, 0.15) is 11.1 Å². The van der Waals surface area contributed by atoms with Crippen molar-refractivity contribution in [1.82, 2.24) is 0 Å². The number of ether oxygens (including phenoxy) is 1. The molecule has 0 bridgehead atoms. The molecule has 19 heavy (non-hydrogen) atoms. The van der Waals surface area contributed by atoms with Gasteiger partial charge in [-0.25, -0.2) is 0 Å². The molecule has 0 fully saturated rings. The number of halogens is 2. The molecule has 0 atom stereocenters. The molecule has 0 spiro atoms. The molecule has 2 rings (SSSR count). The van der Waals surface area contributed by atoms with E-state index in [1.165, 1.54) is 11.1 Å². The minimum atomic E-state index is 0.770. The standard InChI is InChI=1S/C15H15Br2NO/c1-10-5-3-4-6-14(10)18-9-11-7-12(16)15(19-2)13(17)8-11/h3-8,18H,9H2,1-2H3. The van der Waals surface area contributed by atoms with E-state index in [9.17, 15) is 0 Å². The summed E-state index contributed by atoms with van der Waals surface area (Å²) < 4.78 is 7.20. The minimum absolute atomic E-state index is 0.770. The van der Waals surface area contributed by atoms with Crippen molar-refractivity contribution in [3.8, 4) is 5.75 Å². The fourth-order valence-electron chi connectivity index (χ4n) is 1.88. The second kappa shape index (κ2) is 6.44. The first-order valence-electron chi connectivity index (χ1n) is 5.93. The first-order valence-corrected chi connectivity index (χ1v) is 7.52. The van der Waals surface area contributed by atoms with Crippen LogP contribution in [0, 0.1) is 6.92 Å². The zero-order valence-electron chi connectivity index (χ0n) is 10.8. The molecule has 0 saturated carbocycles. The fraction of sp³-hybridized carbons (Fsp3) is 0.200. The minimum Gasteiger partial charge on any atom is -0.494 e. The second-order valence-electron chi connectivity index (χ2n) is 4.26. The summed E-state index contributed by atoms with van der Waals surface area (Å²) in [6.45, 7) is 2.87. The smallest absolute Gasteiger partial charge is 0.147 e. The van der Waals surface area contributed by atoms with E-state index in [0.717, 1.165) is 26.9 Å². The van der Waals surface area contributed by atoms with Crippen LogP contribution in [0.2, 0.25) is 0 Å². The third kappa shape index (κ3) is 3.51. The van der Waals surface area contributed by atoms with E-state index < -0.39 is 0 Å². The summed E-state index contributed by atoms with van der Waals surface area (Å²) in [5.74, 6) is 0.819. The van der Waals surface area contributed by atoms with Gasteiger partial charge < -0.3 is 10.1 Å². The SMILES string of the molecule is COc1c(Br)cc(CNc2ccccc2C)cc1Br. The number of hydrogen-bond donors (Lipinski definition) is 1. The third-order valence-electron chi connectivity index (χ3n) is 2.89. The summed E-state index contributed by atoms with van der Waals surface area (Å²) in [5, 5.41) is 3.44. The molecule has 2 nitrogen and oxygen atoms in total. The molecule has 0 aliphatic rings. The topological polar surface area (TPSA) is 21.3 Å². The largest absolute Gasteiger partial charge is 0.494 e. The van der Waals surface area contributed by atoms with Crippen LogP contribution in [0.4, 0.5) is 5.69 Å². The normalized spacial score (nSPS) is 10.3. The van der Waals surface area contributed by atoms with Crippen molar-refractivity contribution in [3.05, 3.63) is 56.5 Å². The highest BCUT2D eigenvalue weighted by Crippen LogP contribution is 2.34. The Hall–Kier alpha value is -1.00. The Morgan fingerprint density at radius 2 is 1.74 bits per heavy atom. The molecule has 0 aliphatic carbocycles. The van der Waals surface area contributed by atoms with E-state index in [1.807, 2.05) is 12.1 Å². The van der Waals surface area contributed by atoms with Gasteiger partial charge in [-0.2, -0.15) is 0 Å². The number of hydrogen-bond acceptors (Lipinski definition) is 2. The van der Waals surface area contributed by atoms with Crippen LogP contribution < -0.4 is 10.1 Å². The highest BCUT2D eigenvalue weighted by molar-refractivity contribution is 9.11. The summed E-state index contributed by atoms with van der Waals surface area (Å²) in [7, 11) is 1.66. The highest BCUT2D eigenvalue weighted by Gasteiger charge is 2.07. The summed E-state index contributed by atoms with van der Waals surface area (Å²) >= 11 is 7.03. The van der Waals surface area contributed by atoms with Crippen LogP contribution in [-0.2, 0) is 6.54 Å². The maximum absolute atomic E-state index is 5.30. The van der Waals surface area contributed by atoms with Crippen LogP contribution >= 0.6 is 31.9 Å². The van der Waals surface area contributed by atoms with Gasteiger partial charge in [-0.15, -0.1) is 0 Å². The van der Waals surface area contributed by atoms with Gasteiger partial charge in [-0.05, 0) is 68.1 Å². The highest BCUT2D eigenvalue weighted by atomic mass is 79.9. The molecule has 0 aliphatic heterocycles. The average Bonchev–Trinajstić information content (AvgIpc) is 2.37. The Morgan fingerprint density at radius 3 is 2.32 bits per heavy atom. The molecule has 0 amide bonds. The second-order valence-corrected chi connectivity index (χ2v) is 5.97. The van der Waals surface area contributed by atoms with Gasteiger partial charge in [-0.3, -0.25) is 0 Å². The molecule has 100 valence electrons. The van der Waals surface area contributed by atoms with Crippen molar-refractivity contribution >= 4 is 37.5 Å². The first kappa shape index (κ1) is 14.4. The van der Waals surface area contributed by atoms with E-state index in [2.05, 4.69) is 68.4 Å². The van der Waals surface area contributed by atoms with Crippen LogP contribution in [-0.4, -0.2) is 7.11 Å². The zero-order chi connectivity index (χ0) is 13.8. The Balaban J connectivity index is 2.15. The van der Waals surface area contributed by atoms with Gasteiger partial charge in [0.15, 0.2) is 0 Å². The number of para-hydroxylation sites is 1. The summed E-state index contributed by atoms with van der Waals surface area (Å²) in [5.41, 5.74) is 3.59. The molecule has 2 aromatic rings. The molecular weight excluding hydrogens is 370 g/mol. The Labute approximate surface area is 130 Å². The monoisotopic (exact) mass is 383 g/mol. The maximum atomic E-state index is 5.30. The lowest BCUT2D eigenvalue weighted by Crippen LogP contribution is -2.01. The summed E-state index contributed by atoms with van der Waals surface area (Å²) in [6, 6.07) is 12.4.